The zero-order valence-corrected chi connectivity index (χ0v) is 11.1. The highest BCUT2D eigenvalue weighted by Gasteiger charge is 2.32. The van der Waals surface area contributed by atoms with Crippen molar-refractivity contribution in [3.63, 3.8) is 0 Å². The van der Waals surface area contributed by atoms with Crippen molar-refractivity contribution in [2.75, 3.05) is 25.1 Å². The van der Waals surface area contributed by atoms with Crippen LogP contribution in [0.15, 0.2) is 0 Å². The highest BCUT2D eigenvalue weighted by Crippen LogP contribution is 2.15. The average Bonchev–Trinajstić information content (AvgIpc) is 2.17. The van der Waals surface area contributed by atoms with Crippen molar-refractivity contribution in [1.29, 1.82) is 0 Å². The van der Waals surface area contributed by atoms with Gasteiger partial charge in [0.25, 0.3) is 0 Å². The second-order valence-corrected chi connectivity index (χ2v) is 5.13. The Kier molecular flexibility index (Phi) is 7.02. The van der Waals surface area contributed by atoms with Gasteiger partial charge in [0.05, 0.1) is 0 Å². The topological polar surface area (TPSA) is 40.5 Å². The van der Waals surface area contributed by atoms with Crippen molar-refractivity contribution >= 4 is 17.7 Å². The Morgan fingerprint density at radius 2 is 2.00 bits per heavy atom. The molecule has 0 aromatic carbocycles. The third-order valence-electron chi connectivity index (χ3n) is 2.72. The summed E-state index contributed by atoms with van der Waals surface area (Å²) in [6.07, 6.45) is 4.33. The lowest BCUT2D eigenvalue weighted by atomic mass is 10.0. The maximum absolute atomic E-state index is 11.1. The van der Waals surface area contributed by atoms with Crippen LogP contribution < -0.4 is 0 Å². The summed E-state index contributed by atoms with van der Waals surface area (Å²) < 4.78 is 0. The highest BCUT2D eigenvalue weighted by atomic mass is 32.2. The van der Waals surface area contributed by atoms with Gasteiger partial charge in [0.1, 0.15) is 5.54 Å². The number of rotatable bonds is 8. The number of carboxylic acids is 1. The number of nitrogens with zero attached hydrogens (tertiary/aromatic N) is 1. The summed E-state index contributed by atoms with van der Waals surface area (Å²) in [5, 5.41) is 9.10. The lowest BCUT2D eigenvalue weighted by Crippen LogP contribution is -2.50. The molecule has 0 heterocycles. The van der Waals surface area contributed by atoms with E-state index in [1.165, 1.54) is 0 Å². The van der Waals surface area contributed by atoms with E-state index in [-0.39, 0.29) is 0 Å². The summed E-state index contributed by atoms with van der Waals surface area (Å²) in [7, 11) is 0. The van der Waals surface area contributed by atoms with Gasteiger partial charge >= 0.3 is 5.97 Å². The molecule has 0 saturated heterocycles. The SMILES string of the molecule is CCN(CCCCSC)C(C)(C)C(=O)O. The minimum absolute atomic E-state index is 0.741. The van der Waals surface area contributed by atoms with Crippen LogP contribution in [0.4, 0.5) is 0 Å². The third kappa shape index (κ3) is 4.89. The molecule has 0 unspecified atom stereocenters. The molecule has 0 amide bonds. The van der Waals surface area contributed by atoms with E-state index in [1.807, 2.05) is 23.6 Å². The van der Waals surface area contributed by atoms with Crippen LogP contribution in [0.1, 0.15) is 33.6 Å². The lowest BCUT2D eigenvalue weighted by Gasteiger charge is -2.34. The van der Waals surface area contributed by atoms with Crippen LogP contribution in [-0.4, -0.2) is 46.6 Å². The molecule has 0 bridgehead atoms. The van der Waals surface area contributed by atoms with Gasteiger partial charge in [-0.3, -0.25) is 9.69 Å². The Morgan fingerprint density at radius 3 is 2.40 bits per heavy atom. The van der Waals surface area contributed by atoms with Crippen molar-refractivity contribution in [1.82, 2.24) is 4.90 Å². The number of unbranched alkanes of at least 4 members (excludes halogenated alkanes) is 1. The van der Waals surface area contributed by atoms with Gasteiger partial charge in [-0.1, -0.05) is 6.92 Å². The average molecular weight is 233 g/mol. The minimum Gasteiger partial charge on any atom is -0.480 e. The van der Waals surface area contributed by atoms with E-state index in [2.05, 4.69) is 6.26 Å². The Labute approximate surface area is 97.2 Å². The molecule has 4 heteroatoms. The summed E-state index contributed by atoms with van der Waals surface area (Å²) in [6.45, 7) is 7.22. The van der Waals surface area contributed by atoms with Gasteiger partial charge in [-0.15, -0.1) is 0 Å². The minimum atomic E-state index is -0.742. The summed E-state index contributed by atoms with van der Waals surface area (Å²) >= 11 is 1.84. The molecule has 0 rings (SSSR count). The van der Waals surface area contributed by atoms with E-state index in [1.54, 1.807) is 13.8 Å². The molecule has 3 nitrogen and oxygen atoms in total. The summed E-state index contributed by atoms with van der Waals surface area (Å²) in [4.78, 5) is 13.1. The van der Waals surface area contributed by atoms with E-state index < -0.39 is 11.5 Å². The monoisotopic (exact) mass is 233 g/mol. The largest absolute Gasteiger partial charge is 0.480 e. The van der Waals surface area contributed by atoms with E-state index >= 15 is 0 Å². The predicted octanol–water partition coefficient (Wildman–Crippen LogP) is 2.31. The van der Waals surface area contributed by atoms with Crippen molar-refractivity contribution in [2.24, 2.45) is 0 Å². The second kappa shape index (κ2) is 7.12. The zero-order valence-electron chi connectivity index (χ0n) is 10.2. The van der Waals surface area contributed by atoms with Gasteiger partial charge in [0.2, 0.25) is 0 Å². The van der Waals surface area contributed by atoms with Crippen LogP contribution in [0.25, 0.3) is 0 Å². The summed E-state index contributed by atoms with van der Waals surface area (Å²) in [6, 6.07) is 0. The van der Waals surface area contributed by atoms with Crippen molar-refractivity contribution in [2.45, 2.75) is 39.2 Å². The van der Waals surface area contributed by atoms with Crippen LogP contribution >= 0.6 is 11.8 Å². The summed E-state index contributed by atoms with van der Waals surface area (Å²) in [5.41, 5.74) is -0.742. The lowest BCUT2D eigenvalue weighted by molar-refractivity contribution is -0.149. The van der Waals surface area contributed by atoms with Gasteiger partial charge in [-0.25, -0.2) is 0 Å². The van der Waals surface area contributed by atoms with Gasteiger partial charge in [0, 0.05) is 0 Å². The van der Waals surface area contributed by atoms with Crippen LogP contribution in [0, 0.1) is 0 Å². The maximum atomic E-state index is 11.1. The first kappa shape index (κ1) is 14.8. The number of hydrogen-bond donors (Lipinski definition) is 1. The first-order chi connectivity index (χ1) is 6.96. The van der Waals surface area contributed by atoms with E-state index in [4.69, 9.17) is 5.11 Å². The fourth-order valence-electron chi connectivity index (χ4n) is 1.52. The molecule has 90 valence electrons. The zero-order chi connectivity index (χ0) is 11.9. The Hall–Kier alpha value is -0.220. The molecule has 0 aliphatic heterocycles. The van der Waals surface area contributed by atoms with Crippen molar-refractivity contribution < 1.29 is 9.90 Å². The van der Waals surface area contributed by atoms with Crippen LogP contribution in [-0.2, 0) is 4.79 Å². The molecule has 1 N–H and O–H groups in total. The number of carboxylic acid groups (broad SMARTS) is 1. The van der Waals surface area contributed by atoms with Gasteiger partial charge in [-0.2, -0.15) is 11.8 Å². The number of thioether (sulfide) groups is 1. The van der Waals surface area contributed by atoms with Crippen molar-refractivity contribution in [3.05, 3.63) is 0 Å². The molecule has 0 spiro atoms. The Bertz CT molecular complexity index is 195. The molecule has 0 fully saturated rings. The number of hydrogen-bond acceptors (Lipinski definition) is 3. The number of likely N-dealkylation sites (N-methyl/N-ethyl adjacent to an activating group) is 1. The van der Waals surface area contributed by atoms with Gasteiger partial charge in [-0.05, 0) is 51.8 Å². The molecule has 0 radical (unpaired) electrons. The normalized spacial score (nSPS) is 12.1. The molecule has 15 heavy (non-hydrogen) atoms. The van der Waals surface area contributed by atoms with E-state index in [9.17, 15) is 4.79 Å². The fourth-order valence-corrected chi connectivity index (χ4v) is 2.01. The van der Waals surface area contributed by atoms with E-state index in [0.29, 0.717) is 0 Å². The predicted molar refractivity (Wildman–Crippen MR) is 66.6 cm³/mol. The molecular weight excluding hydrogens is 210 g/mol. The first-order valence-electron chi connectivity index (χ1n) is 5.44. The number of carbonyl (C=O) groups is 1. The fraction of sp³-hybridized carbons (Fsp3) is 0.909. The van der Waals surface area contributed by atoms with Gasteiger partial charge in [0.15, 0.2) is 0 Å². The standard InChI is InChI=1S/C11H23NO2S/c1-5-12(8-6-7-9-15-4)11(2,3)10(13)14/h5-9H2,1-4H3,(H,13,14). The van der Waals surface area contributed by atoms with E-state index in [0.717, 1.165) is 31.7 Å². The Morgan fingerprint density at radius 1 is 1.40 bits per heavy atom. The molecular formula is C11H23NO2S. The van der Waals surface area contributed by atoms with Crippen LogP contribution in [0.3, 0.4) is 0 Å². The molecule has 0 aromatic heterocycles. The molecule has 0 aliphatic rings. The molecule has 0 aliphatic carbocycles. The maximum Gasteiger partial charge on any atom is 0.323 e. The highest BCUT2D eigenvalue weighted by molar-refractivity contribution is 7.98. The number of aliphatic carboxylic acids is 1. The third-order valence-corrected chi connectivity index (χ3v) is 3.42. The second-order valence-electron chi connectivity index (χ2n) is 4.14. The molecule has 0 aromatic rings. The van der Waals surface area contributed by atoms with Gasteiger partial charge < -0.3 is 5.11 Å². The smallest absolute Gasteiger partial charge is 0.323 e. The molecule has 0 saturated carbocycles. The quantitative estimate of drug-likeness (QED) is 0.653. The summed E-state index contributed by atoms with van der Waals surface area (Å²) in [5.74, 6) is 0.416. The van der Waals surface area contributed by atoms with Crippen LogP contribution in [0.2, 0.25) is 0 Å². The van der Waals surface area contributed by atoms with Crippen LogP contribution in [0.5, 0.6) is 0 Å². The molecule has 0 atom stereocenters. The first-order valence-corrected chi connectivity index (χ1v) is 6.83. The Balaban J connectivity index is 4.07. The van der Waals surface area contributed by atoms with Crippen molar-refractivity contribution in [3.8, 4) is 0 Å².